The summed E-state index contributed by atoms with van der Waals surface area (Å²) in [6.45, 7) is 2.75. The molecule has 5 rings (SSSR count). The molecule has 8 N–H and O–H groups in total. The molecule has 5 atom stereocenters. The van der Waals surface area contributed by atoms with Crippen LogP contribution in [0.2, 0.25) is 0 Å². The summed E-state index contributed by atoms with van der Waals surface area (Å²) in [5, 5.41) is 24.7. The number of carboxylic acids is 1. The van der Waals surface area contributed by atoms with Crippen molar-refractivity contribution in [2.45, 2.75) is 121 Å². The van der Waals surface area contributed by atoms with E-state index in [4.69, 9.17) is 5.73 Å². The SMILES string of the molecule is CC(=O)NCCCC[C@H](NC(=O)[C@H](CCCCN(C)C)NC(=O)[C@@H]1CCCN1C(=O)[C@H](CCC(N)=O)NC(=O)CCCc1ccccc1)C(=O)Nc1ccc2nc(C3=N[C@@H](C(=O)O)CS3)sc2c1. The molecule has 0 spiro atoms. The number of hydrogen-bond donors (Lipinski definition) is 7. The molecule has 1 fully saturated rings. The number of benzene rings is 2. The highest BCUT2D eigenvalue weighted by atomic mass is 32.2. The standard InChI is InChI=1S/C47H64N10O9S2/c1-29(58)49-24-9-7-16-33(41(61)50-31-20-21-32-38(27-31)68-45(54-32)44-55-36(28-67-44)47(65)66)52-42(62)34(17-8-10-25-56(2)3)53-43(63)37-18-12-26-57(37)46(64)35(22-23-39(48)59)51-40(60)19-11-15-30-13-5-4-6-14-30/h4-6,13-14,20-21,27,33-37H,7-12,15-19,22-26,28H2,1-3H3,(H2,48,59)(H,49,58)(H,50,61)(H,51,60)(H,52,62)(H,53,63)(H,65,66)/t33-,34-,35-,36+,37-/m0/s1. The average molecular weight is 977 g/mol. The summed E-state index contributed by atoms with van der Waals surface area (Å²) in [5.41, 5.74) is 7.61. The highest BCUT2D eigenvalue weighted by molar-refractivity contribution is 8.15. The first-order valence-corrected chi connectivity index (χ1v) is 24.9. The summed E-state index contributed by atoms with van der Waals surface area (Å²) in [5.74, 6) is -4.04. The first kappa shape index (κ1) is 53.0. The Labute approximate surface area is 404 Å². The number of carbonyl (C=O) groups excluding carboxylic acids is 7. The lowest BCUT2D eigenvalue weighted by molar-refractivity contribution is -0.142. The van der Waals surface area contributed by atoms with Gasteiger partial charge in [0.2, 0.25) is 41.4 Å². The van der Waals surface area contributed by atoms with Crippen LogP contribution in [-0.4, -0.2) is 142 Å². The van der Waals surface area contributed by atoms with Crippen LogP contribution in [0.4, 0.5) is 5.69 Å². The third kappa shape index (κ3) is 16.7. The summed E-state index contributed by atoms with van der Waals surface area (Å²) in [7, 11) is 3.87. The Balaban J connectivity index is 1.29. The molecule has 68 heavy (non-hydrogen) atoms. The molecule has 2 aromatic carbocycles. The van der Waals surface area contributed by atoms with E-state index in [1.807, 2.05) is 49.3 Å². The molecule has 0 aliphatic carbocycles. The van der Waals surface area contributed by atoms with E-state index in [-0.39, 0.29) is 50.5 Å². The number of thioether (sulfide) groups is 1. The van der Waals surface area contributed by atoms with Crippen molar-refractivity contribution in [3.63, 3.8) is 0 Å². The smallest absolute Gasteiger partial charge is 0.329 e. The van der Waals surface area contributed by atoms with E-state index in [1.165, 1.54) is 34.9 Å². The van der Waals surface area contributed by atoms with Crippen LogP contribution in [0, 0.1) is 0 Å². The fourth-order valence-corrected chi connectivity index (χ4v) is 10.0. The Kier molecular flexibility index (Phi) is 20.7. The van der Waals surface area contributed by atoms with Gasteiger partial charge in [0.25, 0.3) is 0 Å². The van der Waals surface area contributed by atoms with Gasteiger partial charge in [0.1, 0.15) is 34.2 Å². The number of carboxylic acid groups (broad SMARTS) is 1. The number of nitrogens with one attached hydrogen (secondary N) is 5. The van der Waals surface area contributed by atoms with Crippen LogP contribution in [-0.2, 0) is 44.8 Å². The minimum atomic E-state index is -1.10. The fourth-order valence-electron chi connectivity index (χ4n) is 7.94. The molecule has 1 aromatic heterocycles. The van der Waals surface area contributed by atoms with E-state index >= 15 is 0 Å². The number of primary amides is 1. The van der Waals surface area contributed by atoms with Crippen LogP contribution in [0.5, 0.6) is 0 Å². The first-order valence-electron chi connectivity index (χ1n) is 23.1. The van der Waals surface area contributed by atoms with Gasteiger partial charge in [-0.25, -0.2) is 9.78 Å². The lowest BCUT2D eigenvalue weighted by Crippen LogP contribution is -2.57. The molecule has 0 unspecified atom stereocenters. The molecule has 7 amide bonds. The molecule has 0 radical (unpaired) electrons. The monoisotopic (exact) mass is 976 g/mol. The minimum absolute atomic E-state index is 0.0440. The van der Waals surface area contributed by atoms with E-state index in [1.54, 1.807) is 18.2 Å². The van der Waals surface area contributed by atoms with Crippen molar-refractivity contribution in [2.75, 3.05) is 44.8 Å². The molecule has 3 heterocycles. The number of aliphatic carboxylic acids is 1. The quantitative estimate of drug-likeness (QED) is 0.0544. The Morgan fingerprint density at radius 1 is 0.868 bits per heavy atom. The van der Waals surface area contributed by atoms with Gasteiger partial charge in [0.05, 0.1) is 10.2 Å². The third-order valence-electron chi connectivity index (χ3n) is 11.5. The number of thiazole rings is 1. The highest BCUT2D eigenvalue weighted by Gasteiger charge is 2.39. The predicted molar refractivity (Wildman–Crippen MR) is 262 cm³/mol. The summed E-state index contributed by atoms with van der Waals surface area (Å²) in [4.78, 5) is 117. The topological polar surface area (TPSA) is 275 Å². The van der Waals surface area contributed by atoms with Crippen molar-refractivity contribution in [3.8, 4) is 0 Å². The molecule has 0 bridgehead atoms. The van der Waals surface area contributed by atoms with Crippen LogP contribution < -0.4 is 32.3 Å². The maximum Gasteiger partial charge on any atom is 0.329 e. The number of carbonyl (C=O) groups is 8. The van der Waals surface area contributed by atoms with Gasteiger partial charge in [0, 0.05) is 44.3 Å². The number of unbranched alkanes of at least 4 members (excludes halogenated alkanes) is 2. The van der Waals surface area contributed by atoms with Gasteiger partial charge in [0.15, 0.2) is 6.04 Å². The molecule has 19 nitrogen and oxygen atoms in total. The van der Waals surface area contributed by atoms with Gasteiger partial charge in [-0.15, -0.1) is 23.1 Å². The zero-order chi connectivity index (χ0) is 49.2. The molecule has 3 aromatic rings. The second kappa shape index (κ2) is 26.6. The van der Waals surface area contributed by atoms with Crippen LogP contribution in [0.15, 0.2) is 53.5 Å². The fraction of sp³-hybridized carbons (Fsp3) is 0.532. The Morgan fingerprint density at radius 2 is 1.60 bits per heavy atom. The van der Waals surface area contributed by atoms with Crippen LogP contribution in [0.3, 0.4) is 0 Å². The summed E-state index contributed by atoms with van der Waals surface area (Å²) in [6, 6.07) is 9.85. The van der Waals surface area contributed by atoms with Crippen molar-refractivity contribution in [1.29, 1.82) is 0 Å². The van der Waals surface area contributed by atoms with Crippen molar-refractivity contribution in [2.24, 2.45) is 10.7 Å². The number of likely N-dealkylation sites (tertiary alicyclic amines) is 1. The van der Waals surface area contributed by atoms with Gasteiger partial charge in [-0.3, -0.25) is 38.6 Å². The number of fused-ring (bicyclic) bond motifs is 1. The normalized spacial score (nSPS) is 16.9. The average Bonchev–Trinajstić information content (AvgIpc) is 4.09. The lowest BCUT2D eigenvalue weighted by Gasteiger charge is -2.30. The number of amides is 7. The summed E-state index contributed by atoms with van der Waals surface area (Å²) < 4.78 is 0.733. The predicted octanol–water partition coefficient (Wildman–Crippen LogP) is 2.95. The maximum atomic E-state index is 14.3. The molecule has 368 valence electrons. The zero-order valence-electron chi connectivity index (χ0n) is 38.9. The Morgan fingerprint density at radius 3 is 2.29 bits per heavy atom. The van der Waals surface area contributed by atoms with Gasteiger partial charge in [-0.05, 0) is 115 Å². The summed E-state index contributed by atoms with van der Waals surface area (Å²) >= 11 is 2.64. The van der Waals surface area contributed by atoms with E-state index < -0.39 is 65.7 Å². The maximum absolute atomic E-state index is 14.3. The number of rotatable bonds is 27. The van der Waals surface area contributed by atoms with Crippen molar-refractivity contribution in [1.82, 2.24) is 36.1 Å². The number of aromatic nitrogens is 1. The zero-order valence-corrected chi connectivity index (χ0v) is 40.6. The van der Waals surface area contributed by atoms with E-state index in [0.717, 1.165) is 16.8 Å². The largest absolute Gasteiger partial charge is 0.480 e. The number of nitrogens with zero attached hydrogens (tertiary/aromatic N) is 4. The second-order valence-electron chi connectivity index (χ2n) is 17.3. The molecular weight excluding hydrogens is 913 g/mol. The highest BCUT2D eigenvalue weighted by Crippen LogP contribution is 2.31. The number of hydrogen-bond acceptors (Lipinski definition) is 13. The molecule has 2 aliphatic heterocycles. The third-order valence-corrected chi connectivity index (χ3v) is 13.8. The van der Waals surface area contributed by atoms with Crippen LogP contribution in [0.1, 0.15) is 94.5 Å². The lowest BCUT2D eigenvalue weighted by atomic mass is 10.0. The number of anilines is 1. The number of nitrogens with two attached hydrogens (primary N) is 1. The molecular formula is C47H64N10O9S2. The number of aryl methyl sites for hydroxylation is 1. The molecule has 21 heteroatoms. The van der Waals surface area contributed by atoms with Crippen LogP contribution in [0.25, 0.3) is 10.2 Å². The molecule has 0 saturated carbocycles. The van der Waals surface area contributed by atoms with Gasteiger partial charge in [-0.2, -0.15) is 0 Å². The van der Waals surface area contributed by atoms with Gasteiger partial charge < -0.3 is 47.2 Å². The van der Waals surface area contributed by atoms with Crippen molar-refractivity contribution < 1.29 is 43.5 Å². The molecule has 2 aliphatic rings. The number of aliphatic imine (C=N–C) groups is 1. The van der Waals surface area contributed by atoms with Gasteiger partial charge in [-0.1, -0.05) is 30.3 Å². The van der Waals surface area contributed by atoms with Crippen LogP contribution >= 0.6 is 23.1 Å². The molecule has 1 saturated heterocycles. The van der Waals surface area contributed by atoms with Gasteiger partial charge >= 0.3 is 5.97 Å². The summed E-state index contributed by atoms with van der Waals surface area (Å²) in [6.07, 6.45) is 4.67. The Bertz CT molecular complexity index is 2290. The second-order valence-corrected chi connectivity index (χ2v) is 19.4. The van der Waals surface area contributed by atoms with E-state index in [9.17, 15) is 43.5 Å². The van der Waals surface area contributed by atoms with Crippen molar-refractivity contribution >= 4 is 91.4 Å². The minimum Gasteiger partial charge on any atom is -0.480 e. The van der Waals surface area contributed by atoms with Crippen molar-refractivity contribution in [3.05, 3.63) is 59.1 Å². The Hall–Kier alpha value is -5.93. The first-order chi connectivity index (χ1) is 32.6. The van der Waals surface area contributed by atoms with E-state index in [0.29, 0.717) is 84.9 Å². The van der Waals surface area contributed by atoms with E-state index in [2.05, 4.69) is 36.6 Å².